The van der Waals surface area contributed by atoms with Crippen molar-refractivity contribution in [2.75, 3.05) is 11.9 Å². The molecule has 0 fully saturated rings. The van der Waals surface area contributed by atoms with E-state index < -0.39 is 11.7 Å². The summed E-state index contributed by atoms with van der Waals surface area (Å²) in [6.45, 7) is 10.1. The van der Waals surface area contributed by atoms with Gasteiger partial charge in [-0.3, -0.25) is 5.32 Å². The van der Waals surface area contributed by atoms with Gasteiger partial charge in [-0.2, -0.15) is 0 Å². The fraction of sp³-hybridized carbons (Fsp3) is 0.562. The molecule has 0 saturated carbocycles. The minimum atomic E-state index is -0.590. The number of carbonyl (C=O) groups is 1. The summed E-state index contributed by atoms with van der Waals surface area (Å²) in [7, 11) is 0. The van der Waals surface area contributed by atoms with E-state index in [-0.39, 0.29) is 11.2 Å². The third-order valence-corrected chi connectivity index (χ3v) is 2.93. The highest BCUT2D eigenvalue weighted by atomic mass is 16.6. The van der Waals surface area contributed by atoms with Crippen LogP contribution in [0.2, 0.25) is 0 Å². The molecular formula is C16H26N2O3. The standard InChI is InChI=1S/C16H26N2O3/c1-15(2,3)21-14(20)18-12-8-11(6-7-13(12)19)9-16(4,5)10-17/h6-8,19H,9-10,17H2,1-5H3,(H,18,20). The number of ether oxygens (including phenoxy) is 1. The topological polar surface area (TPSA) is 84.6 Å². The van der Waals surface area contributed by atoms with Crippen molar-refractivity contribution in [2.45, 2.75) is 46.6 Å². The third kappa shape index (κ3) is 6.04. The fourth-order valence-corrected chi connectivity index (χ4v) is 1.83. The summed E-state index contributed by atoms with van der Waals surface area (Å²) < 4.78 is 5.18. The van der Waals surface area contributed by atoms with Crippen LogP contribution in [0.1, 0.15) is 40.2 Å². The number of carbonyl (C=O) groups excluding carboxylic acids is 1. The summed E-state index contributed by atoms with van der Waals surface area (Å²) in [5, 5.41) is 12.4. The molecule has 1 amide bonds. The molecule has 0 spiro atoms. The van der Waals surface area contributed by atoms with Gasteiger partial charge in [-0.05, 0) is 56.8 Å². The maximum atomic E-state index is 11.8. The lowest BCUT2D eigenvalue weighted by molar-refractivity contribution is 0.0635. The van der Waals surface area contributed by atoms with E-state index in [2.05, 4.69) is 19.2 Å². The highest BCUT2D eigenvalue weighted by molar-refractivity contribution is 5.87. The number of phenolic OH excluding ortho intramolecular Hbond substituents is 1. The highest BCUT2D eigenvalue weighted by Crippen LogP contribution is 2.28. The maximum absolute atomic E-state index is 11.8. The van der Waals surface area contributed by atoms with Crippen LogP contribution in [0.4, 0.5) is 10.5 Å². The number of rotatable bonds is 4. The molecule has 1 rings (SSSR count). The molecule has 1 aromatic carbocycles. The average molecular weight is 294 g/mol. The van der Waals surface area contributed by atoms with E-state index in [1.807, 2.05) is 6.07 Å². The lowest BCUT2D eigenvalue weighted by atomic mass is 9.86. The molecule has 0 aromatic heterocycles. The van der Waals surface area contributed by atoms with Crippen LogP contribution in [-0.2, 0) is 11.2 Å². The van der Waals surface area contributed by atoms with Crippen molar-refractivity contribution in [1.29, 1.82) is 0 Å². The van der Waals surface area contributed by atoms with E-state index in [9.17, 15) is 9.90 Å². The Hall–Kier alpha value is -1.75. The van der Waals surface area contributed by atoms with Gasteiger partial charge in [0, 0.05) is 0 Å². The predicted molar refractivity (Wildman–Crippen MR) is 84.5 cm³/mol. The molecule has 0 heterocycles. The van der Waals surface area contributed by atoms with Crippen LogP contribution in [0.25, 0.3) is 0 Å². The Morgan fingerprint density at radius 3 is 2.43 bits per heavy atom. The van der Waals surface area contributed by atoms with Crippen molar-refractivity contribution >= 4 is 11.8 Å². The zero-order chi connectivity index (χ0) is 16.3. The molecule has 21 heavy (non-hydrogen) atoms. The molecule has 0 saturated heterocycles. The SMILES string of the molecule is CC(C)(CN)Cc1ccc(O)c(NC(=O)OC(C)(C)C)c1. The van der Waals surface area contributed by atoms with Gasteiger partial charge in [-0.1, -0.05) is 19.9 Å². The smallest absolute Gasteiger partial charge is 0.412 e. The molecular weight excluding hydrogens is 268 g/mol. The number of amides is 1. The lowest BCUT2D eigenvalue weighted by Gasteiger charge is -2.23. The lowest BCUT2D eigenvalue weighted by Crippen LogP contribution is -2.27. The molecule has 0 aliphatic rings. The number of hydrogen-bond acceptors (Lipinski definition) is 4. The number of nitrogens with one attached hydrogen (secondary N) is 1. The van der Waals surface area contributed by atoms with Gasteiger partial charge in [0.1, 0.15) is 11.4 Å². The van der Waals surface area contributed by atoms with E-state index in [1.54, 1.807) is 32.9 Å². The second-order valence-corrected chi connectivity index (χ2v) is 7.02. The summed E-state index contributed by atoms with van der Waals surface area (Å²) >= 11 is 0. The molecule has 0 bridgehead atoms. The van der Waals surface area contributed by atoms with Crippen molar-refractivity contribution < 1.29 is 14.6 Å². The number of nitrogens with two attached hydrogens (primary N) is 1. The second kappa shape index (κ2) is 6.35. The van der Waals surface area contributed by atoms with Gasteiger partial charge in [0.05, 0.1) is 5.69 Å². The zero-order valence-electron chi connectivity index (χ0n) is 13.5. The van der Waals surface area contributed by atoms with Crippen LogP contribution in [0.5, 0.6) is 5.75 Å². The Kier molecular flexibility index (Phi) is 5.23. The Balaban J connectivity index is 2.86. The summed E-state index contributed by atoms with van der Waals surface area (Å²) in [5.74, 6) is 0.00941. The zero-order valence-corrected chi connectivity index (χ0v) is 13.5. The van der Waals surface area contributed by atoms with Gasteiger partial charge in [0.25, 0.3) is 0 Å². The molecule has 0 aliphatic carbocycles. The minimum absolute atomic E-state index is 0.00941. The average Bonchev–Trinajstić information content (AvgIpc) is 2.31. The minimum Gasteiger partial charge on any atom is -0.506 e. The van der Waals surface area contributed by atoms with Crippen molar-refractivity contribution in [2.24, 2.45) is 11.1 Å². The van der Waals surface area contributed by atoms with Crippen LogP contribution in [-0.4, -0.2) is 23.3 Å². The molecule has 5 heteroatoms. The first-order chi connectivity index (χ1) is 9.52. The van der Waals surface area contributed by atoms with Gasteiger partial charge in [0.15, 0.2) is 0 Å². The predicted octanol–water partition coefficient (Wildman–Crippen LogP) is 3.27. The number of aromatic hydroxyl groups is 1. The highest BCUT2D eigenvalue weighted by Gasteiger charge is 2.19. The van der Waals surface area contributed by atoms with Gasteiger partial charge < -0.3 is 15.6 Å². The number of phenols is 1. The van der Waals surface area contributed by atoms with Crippen molar-refractivity contribution in [3.63, 3.8) is 0 Å². The molecule has 0 atom stereocenters. The van der Waals surface area contributed by atoms with E-state index in [4.69, 9.17) is 10.5 Å². The van der Waals surface area contributed by atoms with Crippen LogP contribution < -0.4 is 11.1 Å². The number of anilines is 1. The monoisotopic (exact) mass is 294 g/mol. The van der Waals surface area contributed by atoms with E-state index in [0.717, 1.165) is 12.0 Å². The first kappa shape index (κ1) is 17.3. The molecule has 118 valence electrons. The Labute approximate surface area is 126 Å². The van der Waals surface area contributed by atoms with Crippen molar-refractivity contribution in [3.8, 4) is 5.75 Å². The summed E-state index contributed by atoms with van der Waals surface area (Å²) in [6, 6.07) is 5.14. The molecule has 5 nitrogen and oxygen atoms in total. The number of benzene rings is 1. The van der Waals surface area contributed by atoms with Crippen molar-refractivity contribution in [3.05, 3.63) is 23.8 Å². The normalized spacial score (nSPS) is 12.1. The van der Waals surface area contributed by atoms with E-state index in [1.165, 1.54) is 0 Å². The van der Waals surface area contributed by atoms with E-state index >= 15 is 0 Å². The summed E-state index contributed by atoms with van der Waals surface area (Å²) in [4.78, 5) is 11.8. The first-order valence-electron chi connectivity index (χ1n) is 7.04. The van der Waals surface area contributed by atoms with Gasteiger partial charge in [-0.25, -0.2) is 4.79 Å². The Bertz CT molecular complexity index is 505. The molecule has 0 aliphatic heterocycles. The Morgan fingerprint density at radius 2 is 1.90 bits per heavy atom. The maximum Gasteiger partial charge on any atom is 0.412 e. The molecule has 0 unspecified atom stereocenters. The molecule has 0 radical (unpaired) electrons. The van der Waals surface area contributed by atoms with Crippen LogP contribution in [0, 0.1) is 5.41 Å². The summed E-state index contributed by atoms with van der Waals surface area (Å²) in [6.07, 6.45) is 0.167. The first-order valence-corrected chi connectivity index (χ1v) is 7.04. The van der Waals surface area contributed by atoms with Gasteiger partial charge in [-0.15, -0.1) is 0 Å². The largest absolute Gasteiger partial charge is 0.506 e. The third-order valence-electron chi connectivity index (χ3n) is 2.93. The fourth-order valence-electron chi connectivity index (χ4n) is 1.83. The van der Waals surface area contributed by atoms with Crippen LogP contribution >= 0.6 is 0 Å². The van der Waals surface area contributed by atoms with Gasteiger partial charge >= 0.3 is 6.09 Å². The van der Waals surface area contributed by atoms with Crippen molar-refractivity contribution in [1.82, 2.24) is 0 Å². The van der Waals surface area contributed by atoms with Gasteiger partial charge in [0.2, 0.25) is 0 Å². The Morgan fingerprint density at radius 1 is 1.29 bits per heavy atom. The van der Waals surface area contributed by atoms with Crippen LogP contribution in [0.3, 0.4) is 0 Å². The van der Waals surface area contributed by atoms with E-state index in [0.29, 0.717) is 12.2 Å². The molecule has 4 N–H and O–H groups in total. The molecule has 1 aromatic rings. The van der Waals surface area contributed by atoms with Crippen LogP contribution in [0.15, 0.2) is 18.2 Å². The second-order valence-electron chi connectivity index (χ2n) is 7.02. The summed E-state index contributed by atoms with van der Waals surface area (Å²) in [5.41, 5.74) is 6.44. The number of hydrogen-bond donors (Lipinski definition) is 3. The quantitative estimate of drug-likeness (QED) is 0.744.